The van der Waals surface area contributed by atoms with Gasteiger partial charge in [0.2, 0.25) is 0 Å². The first-order chi connectivity index (χ1) is 9.08. The predicted octanol–water partition coefficient (Wildman–Crippen LogP) is 0.227. The van der Waals surface area contributed by atoms with Gasteiger partial charge in [0, 0.05) is 19.2 Å². The zero-order valence-corrected chi connectivity index (χ0v) is 9.96. The van der Waals surface area contributed by atoms with Crippen LogP contribution in [0, 0.1) is 10.1 Å². The standard InChI is InChI=1S/C11H13N3O5/c15-9-5-7(14(17)18)1-2-8(9)13-11(16)10-6-12-3-4-19-10/h1-2,5,10,12,15H,3-4,6H2,(H,13,16). The van der Waals surface area contributed by atoms with Crippen LogP contribution in [-0.2, 0) is 9.53 Å². The van der Waals surface area contributed by atoms with Gasteiger partial charge in [0.25, 0.3) is 11.6 Å². The number of anilines is 1. The van der Waals surface area contributed by atoms with E-state index in [9.17, 15) is 20.0 Å². The van der Waals surface area contributed by atoms with Crippen molar-refractivity contribution in [2.75, 3.05) is 25.0 Å². The molecule has 2 rings (SSSR count). The third-order valence-electron chi connectivity index (χ3n) is 2.67. The van der Waals surface area contributed by atoms with E-state index in [4.69, 9.17) is 4.74 Å². The minimum Gasteiger partial charge on any atom is -0.506 e. The van der Waals surface area contributed by atoms with Gasteiger partial charge in [-0.05, 0) is 6.07 Å². The first kappa shape index (κ1) is 13.2. The molecule has 3 N–H and O–H groups in total. The molecule has 0 spiro atoms. The maximum absolute atomic E-state index is 11.8. The number of rotatable bonds is 3. The quantitative estimate of drug-likeness (QED) is 0.410. The van der Waals surface area contributed by atoms with Gasteiger partial charge in [-0.2, -0.15) is 0 Å². The summed E-state index contributed by atoms with van der Waals surface area (Å²) >= 11 is 0. The number of ether oxygens (including phenoxy) is 1. The minimum absolute atomic E-state index is 0.116. The summed E-state index contributed by atoms with van der Waals surface area (Å²) in [6.45, 7) is 1.51. The normalized spacial score (nSPS) is 18.8. The topological polar surface area (TPSA) is 114 Å². The summed E-state index contributed by atoms with van der Waals surface area (Å²) in [4.78, 5) is 21.7. The maximum atomic E-state index is 11.8. The maximum Gasteiger partial charge on any atom is 0.273 e. The lowest BCUT2D eigenvalue weighted by atomic mass is 10.2. The number of benzene rings is 1. The number of morpholine rings is 1. The third-order valence-corrected chi connectivity index (χ3v) is 2.67. The molecular weight excluding hydrogens is 254 g/mol. The molecule has 1 aromatic rings. The molecule has 1 aliphatic heterocycles. The van der Waals surface area contributed by atoms with E-state index in [2.05, 4.69) is 10.6 Å². The molecule has 19 heavy (non-hydrogen) atoms. The second-order valence-corrected chi connectivity index (χ2v) is 4.01. The zero-order valence-electron chi connectivity index (χ0n) is 9.96. The highest BCUT2D eigenvalue weighted by Gasteiger charge is 2.22. The number of hydrogen-bond acceptors (Lipinski definition) is 6. The number of nitro benzene ring substituents is 1. The Bertz CT molecular complexity index is 499. The van der Waals surface area contributed by atoms with Gasteiger partial charge in [-0.15, -0.1) is 0 Å². The van der Waals surface area contributed by atoms with Crippen LogP contribution in [0.4, 0.5) is 11.4 Å². The molecule has 0 radical (unpaired) electrons. The predicted molar refractivity (Wildman–Crippen MR) is 66.0 cm³/mol. The highest BCUT2D eigenvalue weighted by Crippen LogP contribution is 2.27. The van der Waals surface area contributed by atoms with Crippen LogP contribution in [0.2, 0.25) is 0 Å². The van der Waals surface area contributed by atoms with Crippen molar-refractivity contribution < 1.29 is 19.6 Å². The molecule has 1 amide bonds. The summed E-state index contributed by atoms with van der Waals surface area (Å²) < 4.78 is 5.25. The van der Waals surface area contributed by atoms with E-state index < -0.39 is 16.9 Å². The number of carbonyl (C=O) groups is 1. The zero-order chi connectivity index (χ0) is 13.8. The van der Waals surface area contributed by atoms with E-state index in [-0.39, 0.29) is 17.1 Å². The van der Waals surface area contributed by atoms with Gasteiger partial charge >= 0.3 is 0 Å². The van der Waals surface area contributed by atoms with Crippen LogP contribution < -0.4 is 10.6 Å². The summed E-state index contributed by atoms with van der Waals surface area (Å²) in [6.07, 6.45) is -0.636. The smallest absolute Gasteiger partial charge is 0.273 e. The number of nitro groups is 1. The van der Waals surface area contributed by atoms with E-state index in [0.29, 0.717) is 19.7 Å². The molecule has 1 heterocycles. The molecule has 1 atom stereocenters. The molecule has 1 aromatic carbocycles. The van der Waals surface area contributed by atoms with Gasteiger partial charge in [0.15, 0.2) is 0 Å². The number of amides is 1. The second kappa shape index (κ2) is 5.63. The molecule has 8 heteroatoms. The molecule has 0 bridgehead atoms. The van der Waals surface area contributed by atoms with Crippen LogP contribution in [0.3, 0.4) is 0 Å². The summed E-state index contributed by atoms with van der Waals surface area (Å²) in [6, 6.07) is 3.46. The number of phenols is 1. The first-order valence-corrected chi connectivity index (χ1v) is 5.68. The van der Waals surface area contributed by atoms with E-state index in [0.717, 1.165) is 6.07 Å². The Morgan fingerprint density at radius 3 is 2.95 bits per heavy atom. The average Bonchev–Trinajstić information content (AvgIpc) is 2.41. The Kier molecular flexibility index (Phi) is 3.93. The third kappa shape index (κ3) is 3.18. The van der Waals surface area contributed by atoms with Crippen LogP contribution in [0.1, 0.15) is 0 Å². The first-order valence-electron chi connectivity index (χ1n) is 5.68. The van der Waals surface area contributed by atoms with Crippen molar-refractivity contribution in [1.29, 1.82) is 0 Å². The molecule has 0 aromatic heterocycles. The van der Waals surface area contributed by atoms with Gasteiger partial charge in [0.05, 0.1) is 23.3 Å². The van der Waals surface area contributed by atoms with Crippen LogP contribution in [0.25, 0.3) is 0 Å². The fourth-order valence-corrected chi connectivity index (χ4v) is 1.69. The summed E-state index contributed by atoms with van der Waals surface area (Å²) in [5.41, 5.74) is -0.129. The van der Waals surface area contributed by atoms with Crippen molar-refractivity contribution in [3.05, 3.63) is 28.3 Å². The summed E-state index contributed by atoms with van der Waals surface area (Å²) in [5, 5.41) is 25.6. The van der Waals surface area contributed by atoms with E-state index >= 15 is 0 Å². The van der Waals surface area contributed by atoms with Crippen LogP contribution in [0.15, 0.2) is 18.2 Å². The van der Waals surface area contributed by atoms with Crippen molar-refractivity contribution in [3.8, 4) is 5.75 Å². The number of carbonyl (C=O) groups excluding carboxylic acids is 1. The van der Waals surface area contributed by atoms with Crippen LogP contribution >= 0.6 is 0 Å². The van der Waals surface area contributed by atoms with E-state index in [1.54, 1.807) is 0 Å². The molecule has 1 unspecified atom stereocenters. The monoisotopic (exact) mass is 267 g/mol. The Balaban J connectivity index is 2.06. The summed E-state index contributed by atoms with van der Waals surface area (Å²) in [7, 11) is 0. The Morgan fingerprint density at radius 1 is 1.58 bits per heavy atom. The molecule has 0 aliphatic carbocycles. The molecule has 0 saturated carbocycles. The molecule has 1 fully saturated rings. The number of hydrogen-bond donors (Lipinski definition) is 3. The molecule has 1 saturated heterocycles. The van der Waals surface area contributed by atoms with Gasteiger partial charge in [-0.25, -0.2) is 0 Å². The number of phenolic OH excluding ortho intramolecular Hbond substituents is 1. The SMILES string of the molecule is O=C(Nc1ccc([N+](=O)[O-])cc1O)C1CNCCO1. The lowest BCUT2D eigenvalue weighted by Crippen LogP contribution is -2.45. The molecular formula is C11H13N3O5. The van der Waals surface area contributed by atoms with E-state index in [1.807, 2.05) is 0 Å². The van der Waals surface area contributed by atoms with Gasteiger partial charge < -0.3 is 20.5 Å². The van der Waals surface area contributed by atoms with Crippen LogP contribution in [-0.4, -0.2) is 41.7 Å². The largest absolute Gasteiger partial charge is 0.506 e. The van der Waals surface area contributed by atoms with Gasteiger partial charge in [-0.3, -0.25) is 14.9 Å². The molecule has 102 valence electrons. The molecule has 1 aliphatic rings. The fourth-order valence-electron chi connectivity index (χ4n) is 1.69. The summed E-state index contributed by atoms with van der Waals surface area (Å²) in [5.74, 6) is -0.761. The number of non-ortho nitro benzene ring substituents is 1. The fraction of sp³-hybridized carbons (Fsp3) is 0.364. The number of nitrogens with one attached hydrogen (secondary N) is 2. The van der Waals surface area contributed by atoms with Crippen molar-refractivity contribution in [2.24, 2.45) is 0 Å². The minimum atomic E-state index is -0.636. The van der Waals surface area contributed by atoms with Gasteiger partial charge in [0.1, 0.15) is 11.9 Å². The second-order valence-electron chi connectivity index (χ2n) is 4.01. The molecule has 8 nitrogen and oxygen atoms in total. The van der Waals surface area contributed by atoms with Crippen molar-refractivity contribution >= 4 is 17.3 Å². The number of nitrogens with zero attached hydrogens (tertiary/aromatic N) is 1. The lowest BCUT2D eigenvalue weighted by Gasteiger charge is -2.22. The van der Waals surface area contributed by atoms with Crippen LogP contribution in [0.5, 0.6) is 5.75 Å². The lowest BCUT2D eigenvalue weighted by molar-refractivity contribution is -0.384. The highest BCUT2D eigenvalue weighted by molar-refractivity contribution is 5.95. The number of aromatic hydroxyl groups is 1. The van der Waals surface area contributed by atoms with E-state index in [1.165, 1.54) is 12.1 Å². The van der Waals surface area contributed by atoms with Crippen molar-refractivity contribution in [1.82, 2.24) is 5.32 Å². The Labute approximate surface area is 108 Å². The Morgan fingerprint density at radius 2 is 2.37 bits per heavy atom. The Hall–Kier alpha value is -2.19. The average molecular weight is 267 g/mol. The van der Waals surface area contributed by atoms with Gasteiger partial charge in [-0.1, -0.05) is 0 Å². The van der Waals surface area contributed by atoms with Crippen molar-refractivity contribution in [2.45, 2.75) is 6.10 Å². The van der Waals surface area contributed by atoms with Crippen molar-refractivity contribution in [3.63, 3.8) is 0 Å². The highest BCUT2D eigenvalue weighted by atomic mass is 16.6.